The van der Waals surface area contributed by atoms with Crippen molar-refractivity contribution >= 4 is 23.9 Å². The number of hydrogen-bond donors (Lipinski definition) is 4. The molecule has 0 aliphatic heterocycles. The Morgan fingerprint density at radius 1 is 0.536 bits per heavy atom. The molecule has 0 aliphatic rings. The molecule has 0 amide bonds. The number of benzene rings is 2. The van der Waals surface area contributed by atoms with Crippen LogP contribution in [0.3, 0.4) is 0 Å². The lowest BCUT2D eigenvalue weighted by molar-refractivity contribution is 0.0651. The highest BCUT2D eigenvalue weighted by Gasteiger charge is 2.16. The van der Waals surface area contributed by atoms with Gasteiger partial charge in [0.05, 0.1) is 22.3 Å². The Kier molecular flexibility index (Phi) is 5.80. The molecule has 8 nitrogen and oxygen atoms in total. The van der Waals surface area contributed by atoms with Crippen molar-refractivity contribution in [2.45, 2.75) is 0 Å². The first-order chi connectivity index (χ1) is 13.2. The summed E-state index contributed by atoms with van der Waals surface area (Å²) in [6.45, 7) is 0. The fourth-order valence-electron chi connectivity index (χ4n) is 2.18. The molecule has 2 aromatic rings. The van der Waals surface area contributed by atoms with Gasteiger partial charge in [-0.2, -0.15) is 0 Å². The Hall–Kier alpha value is -4.56. The van der Waals surface area contributed by atoms with Crippen LogP contribution >= 0.6 is 0 Å². The minimum atomic E-state index is -1.41. The van der Waals surface area contributed by atoms with E-state index in [2.05, 4.69) is 23.7 Å². The number of carboxylic acids is 4. The van der Waals surface area contributed by atoms with Crippen LogP contribution in [-0.2, 0) is 0 Å². The Balaban J connectivity index is 2.33. The van der Waals surface area contributed by atoms with Gasteiger partial charge in [-0.25, -0.2) is 19.2 Å². The molecule has 0 aliphatic carbocycles. The molecule has 0 spiro atoms. The van der Waals surface area contributed by atoms with Gasteiger partial charge in [0.15, 0.2) is 0 Å². The highest BCUT2D eigenvalue weighted by atomic mass is 16.4. The molecular formula is C20H10O8. The fourth-order valence-corrected chi connectivity index (χ4v) is 2.18. The van der Waals surface area contributed by atoms with E-state index in [9.17, 15) is 19.2 Å². The van der Waals surface area contributed by atoms with Crippen LogP contribution in [0.25, 0.3) is 0 Å². The first kappa shape index (κ1) is 19.8. The Morgan fingerprint density at radius 2 is 0.857 bits per heavy atom. The van der Waals surface area contributed by atoms with E-state index >= 15 is 0 Å². The van der Waals surface area contributed by atoms with E-state index in [1.165, 1.54) is 12.1 Å². The third kappa shape index (κ3) is 4.54. The second kappa shape index (κ2) is 8.21. The lowest BCUT2D eigenvalue weighted by atomic mass is 10.0. The molecule has 0 unspecified atom stereocenters. The van der Waals surface area contributed by atoms with E-state index in [0.29, 0.717) is 0 Å². The molecule has 0 saturated carbocycles. The molecule has 0 fully saturated rings. The van der Waals surface area contributed by atoms with E-state index in [1.54, 1.807) is 0 Å². The van der Waals surface area contributed by atoms with Crippen LogP contribution in [0.5, 0.6) is 0 Å². The van der Waals surface area contributed by atoms with Gasteiger partial charge >= 0.3 is 23.9 Å². The molecular weight excluding hydrogens is 368 g/mol. The fraction of sp³-hybridized carbons (Fsp3) is 0. The standard InChI is InChI=1S/C20H10O8/c21-17(22)13-7-5-11(9-15(13)19(25)26)3-1-2-4-12-6-8-14(18(23)24)16(10-12)20(27)28/h5-10H,(H,21,22)(H,23,24)(H,25,26)(H,27,28). The SMILES string of the molecule is O=C(O)c1ccc(C#CC#Cc2ccc(C(=O)O)c(C(=O)O)c2)cc1C(=O)O. The predicted molar refractivity (Wildman–Crippen MR) is 94.5 cm³/mol. The quantitative estimate of drug-likeness (QED) is 0.589. The van der Waals surface area contributed by atoms with Gasteiger partial charge in [0.1, 0.15) is 0 Å². The predicted octanol–water partition coefficient (Wildman–Crippen LogP) is 1.88. The second-order valence-electron chi connectivity index (χ2n) is 5.24. The Bertz CT molecular complexity index is 1040. The lowest BCUT2D eigenvalue weighted by Crippen LogP contribution is -2.08. The molecule has 2 aromatic carbocycles. The van der Waals surface area contributed by atoms with Crippen LogP contribution in [0.1, 0.15) is 52.6 Å². The van der Waals surface area contributed by atoms with Crippen molar-refractivity contribution < 1.29 is 39.6 Å². The van der Waals surface area contributed by atoms with E-state index in [0.717, 1.165) is 24.3 Å². The summed E-state index contributed by atoms with van der Waals surface area (Å²) >= 11 is 0. The van der Waals surface area contributed by atoms with Crippen molar-refractivity contribution in [3.63, 3.8) is 0 Å². The van der Waals surface area contributed by atoms with Crippen LogP contribution < -0.4 is 0 Å². The first-order valence-corrected chi connectivity index (χ1v) is 7.44. The molecule has 0 radical (unpaired) electrons. The highest BCUT2D eigenvalue weighted by molar-refractivity contribution is 6.02. The smallest absolute Gasteiger partial charge is 0.336 e. The van der Waals surface area contributed by atoms with E-state index in [1.807, 2.05) is 0 Å². The number of aromatic carboxylic acids is 4. The van der Waals surface area contributed by atoms with Gasteiger partial charge < -0.3 is 20.4 Å². The normalized spacial score (nSPS) is 9.29. The average molecular weight is 378 g/mol. The zero-order valence-corrected chi connectivity index (χ0v) is 13.9. The summed E-state index contributed by atoms with van der Waals surface area (Å²) in [4.78, 5) is 44.2. The molecule has 0 aromatic heterocycles. The Morgan fingerprint density at radius 3 is 1.14 bits per heavy atom. The molecule has 0 bridgehead atoms. The zero-order valence-electron chi connectivity index (χ0n) is 13.9. The minimum absolute atomic E-state index is 0.226. The molecule has 0 heterocycles. The molecule has 8 heteroatoms. The van der Waals surface area contributed by atoms with E-state index < -0.39 is 35.0 Å². The van der Waals surface area contributed by atoms with Crippen LogP contribution in [0, 0.1) is 23.7 Å². The van der Waals surface area contributed by atoms with Crippen LogP contribution in [-0.4, -0.2) is 44.3 Å². The second-order valence-corrected chi connectivity index (χ2v) is 5.24. The summed E-state index contributed by atoms with van der Waals surface area (Å²) in [5.74, 6) is 4.40. The summed E-state index contributed by atoms with van der Waals surface area (Å²) in [5, 5.41) is 36.0. The van der Waals surface area contributed by atoms with Gasteiger partial charge in [-0.05, 0) is 48.2 Å². The highest BCUT2D eigenvalue weighted by Crippen LogP contribution is 2.13. The lowest BCUT2D eigenvalue weighted by Gasteiger charge is -2.01. The van der Waals surface area contributed by atoms with Crippen LogP contribution in [0.15, 0.2) is 36.4 Å². The van der Waals surface area contributed by atoms with Crippen molar-refractivity contribution in [2.24, 2.45) is 0 Å². The molecule has 4 N–H and O–H groups in total. The third-order valence-corrected chi connectivity index (χ3v) is 3.44. The van der Waals surface area contributed by atoms with Crippen molar-refractivity contribution in [1.29, 1.82) is 0 Å². The van der Waals surface area contributed by atoms with Crippen molar-refractivity contribution in [3.05, 3.63) is 69.8 Å². The molecule has 28 heavy (non-hydrogen) atoms. The van der Waals surface area contributed by atoms with Gasteiger partial charge in [0, 0.05) is 11.1 Å². The van der Waals surface area contributed by atoms with Gasteiger partial charge in [-0.3, -0.25) is 0 Å². The third-order valence-electron chi connectivity index (χ3n) is 3.44. The summed E-state index contributed by atoms with van der Waals surface area (Å²) in [5.41, 5.74) is -1.12. The van der Waals surface area contributed by atoms with Crippen LogP contribution in [0.2, 0.25) is 0 Å². The molecule has 0 atom stereocenters. The molecule has 138 valence electrons. The van der Waals surface area contributed by atoms with E-state index in [4.69, 9.17) is 20.4 Å². The number of rotatable bonds is 4. The summed E-state index contributed by atoms with van der Waals surface area (Å²) < 4.78 is 0. The van der Waals surface area contributed by atoms with Crippen molar-refractivity contribution in [1.82, 2.24) is 0 Å². The van der Waals surface area contributed by atoms with Crippen molar-refractivity contribution in [2.75, 3.05) is 0 Å². The number of hydrogen-bond acceptors (Lipinski definition) is 4. The summed E-state index contributed by atoms with van der Waals surface area (Å²) in [6, 6.07) is 7.10. The van der Waals surface area contributed by atoms with Gasteiger partial charge in [0.2, 0.25) is 0 Å². The first-order valence-electron chi connectivity index (χ1n) is 7.44. The summed E-state index contributed by atoms with van der Waals surface area (Å²) in [6.07, 6.45) is 0. The van der Waals surface area contributed by atoms with Crippen molar-refractivity contribution in [3.8, 4) is 23.7 Å². The monoisotopic (exact) mass is 378 g/mol. The van der Waals surface area contributed by atoms with Gasteiger partial charge in [-0.1, -0.05) is 11.8 Å². The average Bonchev–Trinajstić information content (AvgIpc) is 2.64. The minimum Gasteiger partial charge on any atom is -0.478 e. The largest absolute Gasteiger partial charge is 0.478 e. The zero-order chi connectivity index (χ0) is 20.8. The molecule has 0 saturated heterocycles. The maximum Gasteiger partial charge on any atom is 0.336 e. The van der Waals surface area contributed by atoms with Gasteiger partial charge in [0.25, 0.3) is 0 Å². The Labute approximate surface area is 157 Å². The number of carbonyl (C=O) groups is 4. The maximum atomic E-state index is 11.1. The van der Waals surface area contributed by atoms with Gasteiger partial charge in [-0.15, -0.1) is 0 Å². The molecule has 2 rings (SSSR count). The topological polar surface area (TPSA) is 149 Å². The summed E-state index contributed by atoms with van der Waals surface area (Å²) in [7, 11) is 0. The van der Waals surface area contributed by atoms with E-state index in [-0.39, 0.29) is 22.3 Å². The van der Waals surface area contributed by atoms with Crippen LogP contribution in [0.4, 0.5) is 0 Å². The maximum absolute atomic E-state index is 11.1. The number of carboxylic acid groups (broad SMARTS) is 4.